The molecule has 1 heterocycles. The van der Waals surface area contributed by atoms with Gasteiger partial charge in [-0.3, -0.25) is 9.35 Å². The van der Waals surface area contributed by atoms with Gasteiger partial charge in [0.25, 0.3) is 10.1 Å². The zero-order valence-electron chi connectivity index (χ0n) is 20.9. The summed E-state index contributed by atoms with van der Waals surface area (Å²) in [5.74, 6) is -1.06. The van der Waals surface area contributed by atoms with Gasteiger partial charge in [-0.05, 0) is 61.2 Å². The molecule has 10 nitrogen and oxygen atoms in total. The highest BCUT2D eigenvalue weighted by molar-refractivity contribution is 7.89. The molecule has 0 saturated carbocycles. The van der Waals surface area contributed by atoms with Crippen LogP contribution in [0.1, 0.15) is 36.9 Å². The van der Waals surface area contributed by atoms with Crippen LogP contribution in [0.25, 0.3) is 11.1 Å². The number of sulfonamides is 1. The summed E-state index contributed by atoms with van der Waals surface area (Å²) in [5, 5.41) is 10.4. The monoisotopic (exact) mass is 580 g/mol. The number of rotatable bonds is 12. The van der Waals surface area contributed by atoms with Crippen LogP contribution in [-0.2, 0) is 24.9 Å². The molecule has 204 valence electrons. The summed E-state index contributed by atoms with van der Waals surface area (Å²) in [4.78, 5) is 12.3. The smallest absolute Gasteiger partial charge is 0.266 e. The molecule has 3 rings (SSSR count). The van der Waals surface area contributed by atoms with Gasteiger partial charge in [-0.1, -0.05) is 35.9 Å². The minimum Gasteiger partial charge on any atom is -0.355 e. The fraction of sp³-hybridized carbons (Fsp3) is 0.320. The number of nitrogens with one attached hydrogen (secondary N) is 1. The lowest BCUT2D eigenvalue weighted by molar-refractivity contribution is -0.121. The number of amides is 1. The maximum atomic E-state index is 13.9. The minimum atomic E-state index is -4.20. The largest absolute Gasteiger partial charge is 0.355 e. The fourth-order valence-electron chi connectivity index (χ4n) is 3.92. The third-order valence-corrected chi connectivity index (χ3v) is 9.23. The minimum absolute atomic E-state index is 0.0161. The van der Waals surface area contributed by atoms with E-state index in [0.29, 0.717) is 10.6 Å². The number of aromatic nitrogens is 2. The van der Waals surface area contributed by atoms with E-state index in [1.165, 1.54) is 10.4 Å². The highest BCUT2D eigenvalue weighted by atomic mass is 35.5. The van der Waals surface area contributed by atoms with Crippen molar-refractivity contribution >= 4 is 37.6 Å². The molecule has 0 aliphatic rings. The molecule has 0 aliphatic heterocycles. The van der Waals surface area contributed by atoms with Crippen LogP contribution in [0.15, 0.2) is 65.8 Å². The number of hydrogen-bond acceptors (Lipinski definition) is 7. The zero-order chi connectivity index (χ0) is 27.9. The number of benzene rings is 2. The Labute approximate surface area is 227 Å². The fourth-order valence-corrected chi connectivity index (χ4v) is 6.42. The molecular formula is C25H29ClN4O6S2. The van der Waals surface area contributed by atoms with Crippen molar-refractivity contribution in [3.63, 3.8) is 0 Å². The normalized spacial score (nSPS) is 12.9. The first-order valence-electron chi connectivity index (χ1n) is 11.8. The van der Waals surface area contributed by atoms with Gasteiger partial charge in [0, 0.05) is 36.1 Å². The summed E-state index contributed by atoms with van der Waals surface area (Å²) in [7, 11) is -8.23. The van der Waals surface area contributed by atoms with Gasteiger partial charge in [0.05, 0.1) is 23.0 Å². The van der Waals surface area contributed by atoms with Crippen molar-refractivity contribution < 1.29 is 26.2 Å². The van der Waals surface area contributed by atoms with Gasteiger partial charge in [-0.2, -0.15) is 22.9 Å². The molecule has 2 N–H and O–H groups in total. The van der Waals surface area contributed by atoms with Crippen LogP contribution in [0, 0.1) is 6.92 Å². The molecule has 3 aromatic rings. The first-order chi connectivity index (χ1) is 17.9. The average Bonchev–Trinajstić information content (AvgIpc) is 2.87. The molecular weight excluding hydrogens is 552 g/mol. The number of nitrogens with zero attached hydrogens (tertiary/aromatic N) is 3. The summed E-state index contributed by atoms with van der Waals surface area (Å²) < 4.78 is 59.6. The summed E-state index contributed by atoms with van der Waals surface area (Å²) in [6, 6.07) is 13.3. The molecule has 0 radical (unpaired) electrons. The van der Waals surface area contributed by atoms with Gasteiger partial charge in [0.1, 0.15) is 0 Å². The quantitative estimate of drug-likeness (QED) is 0.309. The predicted molar refractivity (Wildman–Crippen MR) is 145 cm³/mol. The van der Waals surface area contributed by atoms with Gasteiger partial charge >= 0.3 is 0 Å². The number of carbonyl (C=O) groups excluding carboxylic acids is 1. The van der Waals surface area contributed by atoms with Crippen LogP contribution in [0.2, 0.25) is 5.02 Å². The Morgan fingerprint density at radius 3 is 2.50 bits per heavy atom. The van der Waals surface area contributed by atoms with Crippen molar-refractivity contribution in [3.05, 3.63) is 77.1 Å². The van der Waals surface area contributed by atoms with Crippen LogP contribution in [0.3, 0.4) is 0 Å². The van der Waals surface area contributed by atoms with E-state index in [-0.39, 0.29) is 30.8 Å². The topological polar surface area (TPSA) is 147 Å². The Morgan fingerprint density at radius 1 is 1.08 bits per heavy atom. The molecule has 0 spiro atoms. The second kappa shape index (κ2) is 12.8. The van der Waals surface area contributed by atoms with E-state index >= 15 is 0 Å². The van der Waals surface area contributed by atoms with Crippen molar-refractivity contribution in [3.8, 4) is 11.1 Å². The molecule has 0 bridgehead atoms. The number of hydrogen-bond donors (Lipinski definition) is 2. The summed E-state index contributed by atoms with van der Waals surface area (Å²) >= 11 is 6.23. The first-order valence-corrected chi connectivity index (χ1v) is 15.2. The van der Waals surface area contributed by atoms with Gasteiger partial charge in [-0.25, -0.2) is 8.42 Å². The van der Waals surface area contributed by atoms with Gasteiger partial charge < -0.3 is 5.32 Å². The maximum Gasteiger partial charge on any atom is 0.266 e. The van der Waals surface area contributed by atoms with E-state index in [1.54, 1.807) is 44.4 Å². The van der Waals surface area contributed by atoms with Crippen molar-refractivity contribution in [1.82, 2.24) is 19.8 Å². The average molecular weight is 581 g/mol. The van der Waals surface area contributed by atoms with Gasteiger partial charge in [0.15, 0.2) is 0 Å². The highest BCUT2D eigenvalue weighted by Crippen LogP contribution is 2.33. The molecule has 13 heteroatoms. The Hall–Kier alpha value is -2.90. The summed E-state index contributed by atoms with van der Waals surface area (Å²) in [5.41, 5.74) is 2.83. The summed E-state index contributed by atoms with van der Waals surface area (Å²) in [6.07, 6.45) is 3.33. The van der Waals surface area contributed by atoms with Crippen LogP contribution in [0.4, 0.5) is 0 Å². The van der Waals surface area contributed by atoms with E-state index in [4.69, 9.17) is 16.2 Å². The van der Waals surface area contributed by atoms with Gasteiger partial charge in [0.2, 0.25) is 15.9 Å². The standard InChI is InChI=1S/C25H29ClN4O6S2/c1-18-23(26)8-4-9-24(18)38(35,36)30(14-5-10-25(31)27-13-15-37(32,33)34)19(2)20-6-3-7-21(16-20)22-11-12-28-29-17-22/h3-4,6-9,11-12,16-17,19H,5,10,13-15H2,1-2H3,(H,27,31)(H,32,33,34)/t19-/m0/s1. The Kier molecular flexibility index (Phi) is 9.96. The van der Waals surface area contributed by atoms with Crippen molar-refractivity contribution in [2.45, 2.75) is 37.6 Å². The molecule has 38 heavy (non-hydrogen) atoms. The third kappa shape index (κ3) is 7.81. The predicted octanol–water partition coefficient (Wildman–Crippen LogP) is 3.64. The lowest BCUT2D eigenvalue weighted by Crippen LogP contribution is -2.36. The number of carbonyl (C=O) groups is 1. The van der Waals surface area contributed by atoms with E-state index in [2.05, 4.69) is 15.5 Å². The van der Waals surface area contributed by atoms with Gasteiger partial charge in [-0.15, -0.1) is 0 Å². The van der Waals surface area contributed by atoms with E-state index < -0.39 is 37.8 Å². The molecule has 0 unspecified atom stereocenters. The lowest BCUT2D eigenvalue weighted by atomic mass is 10.0. The van der Waals surface area contributed by atoms with Crippen LogP contribution in [-0.4, -0.2) is 60.6 Å². The molecule has 0 saturated heterocycles. The van der Waals surface area contributed by atoms with Crippen LogP contribution in [0.5, 0.6) is 0 Å². The molecule has 1 atom stereocenters. The second-order valence-electron chi connectivity index (χ2n) is 8.65. The summed E-state index contributed by atoms with van der Waals surface area (Å²) in [6.45, 7) is 3.18. The van der Waals surface area contributed by atoms with Crippen molar-refractivity contribution in [2.75, 3.05) is 18.8 Å². The maximum absolute atomic E-state index is 13.9. The highest BCUT2D eigenvalue weighted by Gasteiger charge is 2.31. The Bertz CT molecular complexity index is 1480. The van der Waals surface area contributed by atoms with Crippen molar-refractivity contribution in [2.24, 2.45) is 0 Å². The zero-order valence-corrected chi connectivity index (χ0v) is 23.3. The second-order valence-corrected chi connectivity index (χ2v) is 12.5. The molecule has 0 aliphatic carbocycles. The molecule has 1 amide bonds. The Balaban J connectivity index is 1.87. The molecule has 1 aromatic heterocycles. The lowest BCUT2D eigenvalue weighted by Gasteiger charge is -2.30. The van der Waals surface area contributed by atoms with E-state index in [1.807, 2.05) is 24.3 Å². The number of halogens is 1. The Morgan fingerprint density at radius 2 is 1.82 bits per heavy atom. The van der Waals surface area contributed by atoms with Crippen LogP contribution >= 0.6 is 11.6 Å². The van der Waals surface area contributed by atoms with Crippen molar-refractivity contribution in [1.29, 1.82) is 0 Å². The molecule has 2 aromatic carbocycles. The van der Waals surface area contributed by atoms with Crippen LogP contribution < -0.4 is 5.32 Å². The third-order valence-electron chi connectivity index (χ3n) is 5.99. The molecule has 0 fully saturated rings. The SMILES string of the molecule is Cc1c(Cl)cccc1S(=O)(=O)N(CCCC(=O)NCCS(=O)(=O)O)[C@@H](C)c1cccc(-c2ccnnc2)c1. The van der Waals surface area contributed by atoms with E-state index in [9.17, 15) is 21.6 Å². The van der Waals surface area contributed by atoms with E-state index in [0.717, 1.165) is 16.7 Å². The first kappa shape index (κ1) is 29.7.